The average Bonchev–Trinajstić information content (AvgIpc) is 2.19. The summed E-state index contributed by atoms with van der Waals surface area (Å²) in [4.78, 5) is 40.4. The first-order valence-corrected chi connectivity index (χ1v) is 5.37. The molecule has 0 unspecified atom stereocenters. The zero-order valence-electron chi connectivity index (χ0n) is 8.49. The second-order valence-corrected chi connectivity index (χ2v) is 3.65. The third kappa shape index (κ3) is 11.2. The molecule has 0 aromatic heterocycles. The fourth-order valence-electron chi connectivity index (χ4n) is 0.738. The van der Waals surface area contributed by atoms with Crippen molar-refractivity contribution in [1.82, 2.24) is 0 Å². The molecule has 0 saturated heterocycles. The van der Waals surface area contributed by atoms with Gasteiger partial charge in [-0.05, 0) is 36.0 Å². The minimum absolute atomic E-state index is 0.0381. The molecule has 0 amide bonds. The van der Waals surface area contributed by atoms with Crippen molar-refractivity contribution in [2.24, 2.45) is 0 Å². The largest absolute Gasteiger partial charge is 0.477 e. The number of halogens is 2. The van der Waals surface area contributed by atoms with Gasteiger partial charge in [-0.3, -0.25) is 9.59 Å². The minimum Gasteiger partial charge on any atom is -0.281 e. The third-order valence-corrected chi connectivity index (χ3v) is 1.81. The van der Waals surface area contributed by atoms with Gasteiger partial charge in [0.1, 0.15) is 4.91 Å². The average molecular weight is 273 g/mol. The van der Waals surface area contributed by atoms with Gasteiger partial charge in [0.05, 0.1) is 0 Å². The van der Waals surface area contributed by atoms with Gasteiger partial charge in [-0.25, -0.2) is 0 Å². The topological polar surface area (TPSA) is 72.7 Å². The molecule has 16 heavy (non-hydrogen) atoms. The third-order valence-electron chi connectivity index (χ3n) is 1.43. The van der Waals surface area contributed by atoms with Crippen LogP contribution in [0.3, 0.4) is 0 Å². The second-order valence-electron chi connectivity index (χ2n) is 2.81. The molecule has 0 fully saturated rings. The van der Waals surface area contributed by atoms with Crippen LogP contribution >= 0.6 is 23.2 Å². The Balaban J connectivity index is 3.31. The van der Waals surface area contributed by atoms with Gasteiger partial charge < -0.3 is 0 Å². The van der Waals surface area contributed by atoms with Crippen molar-refractivity contribution in [1.29, 1.82) is 0 Å². The molecule has 8 heteroatoms. The van der Waals surface area contributed by atoms with Gasteiger partial charge in [-0.2, -0.15) is 9.68 Å². The summed E-state index contributed by atoms with van der Waals surface area (Å²) in [5.41, 5.74) is 0. The van der Waals surface area contributed by atoms with E-state index in [0.29, 0.717) is 12.8 Å². The van der Waals surface area contributed by atoms with Crippen molar-refractivity contribution in [3.8, 4) is 0 Å². The lowest BCUT2D eigenvalue weighted by atomic mass is 10.3. The molecule has 0 aromatic carbocycles. The Hall–Kier alpha value is -0.880. The molecule has 0 aliphatic rings. The quantitative estimate of drug-likeness (QED) is 0.344. The number of carbonyl (C=O) groups excluding carboxylic acids is 2. The Kier molecular flexibility index (Phi) is 8.84. The van der Waals surface area contributed by atoms with Gasteiger partial charge in [0.25, 0.3) is 0 Å². The smallest absolute Gasteiger partial charge is 0.281 e. The van der Waals surface area contributed by atoms with E-state index in [1.165, 1.54) is 0 Å². The normalized spacial score (nSPS) is 9.62. The summed E-state index contributed by atoms with van der Waals surface area (Å²) in [6, 6.07) is 0. The van der Waals surface area contributed by atoms with E-state index >= 15 is 0 Å². The summed E-state index contributed by atoms with van der Waals surface area (Å²) in [5, 5.41) is -1.03. The van der Waals surface area contributed by atoms with E-state index in [1.807, 2.05) is 0 Å². The fraction of sp³-hybridized carbons (Fsp3) is 0.750. The van der Waals surface area contributed by atoms with Crippen molar-refractivity contribution >= 4 is 33.7 Å². The highest BCUT2D eigenvalue weighted by Crippen LogP contribution is 1.98. The number of carbonyl (C=O) groups is 2. The fourth-order valence-corrected chi connectivity index (χ4v) is 1.01. The predicted molar refractivity (Wildman–Crippen MR) is 55.7 cm³/mol. The highest BCUT2D eigenvalue weighted by atomic mass is 35.5. The molecule has 6 nitrogen and oxygen atoms in total. The molecule has 92 valence electrons. The van der Waals surface area contributed by atoms with E-state index in [9.17, 15) is 14.5 Å². The Morgan fingerprint density at radius 1 is 0.938 bits per heavy atom. The molecule has 0 saturated carbocycles. The van der Waals surface area contributed by atoms with E-state index in [-0.39, 0.29) is 31.1 Å². The first-order chi connectivity index (χ1) is 7.52. The van der Waals surface area contributed by atoms with Gasteiger partial charge in [-0.1, -0.05) is 0 Å². The summed E-state index contributed by atoms with van der Waals surface area (Å²) in [6.45, 7) is 0.0762. The zero-order valence-corrected chi connectivity index (χ0v) is 10.00. The van der Waals surface area contributed by atoms with Crippen molar-refractivity contribution in [3.05, 3.63) is 4.91 Å². The van der Waals surface area contributed by atoms with Crippen LogP contribution in [0.2, 0.25) is 0 Å². The Labute approximate surface area is 102 Å². The molecule has 0 spiro atoms. The molecule has 0 rings (SSSR count). The molecular formula is C8H12Cl2NO5+. The van der Waals surface area contributed by atoms with Crippen LogP contribution in [-0.4, -0.2) is 28.8 Å². The Morgan fingerprint density at radius 2 is 1.31 bits per heavy atom. The highest BCUT2D eigenvalue weighted by Gasteiger charge is 2.12. The summed E-state index contributed by atoms with van der Waals surface area (Å²) < 4.78 is 0. The predicted octanol–water partition coefficient (Wildman–Crippen LogP) is 1.72. The van der Waals surface area contributed by atoms with Gasteiger partial charge in [0.2, 0.25) is 10.5 Å². The van der Waals surface area contributed by atoms with Gasteiger partial charge in [-0.15, -0.1) is 0 Å². The number of hydrogen-bond acceptors (Lipinski definition) is 5. The van der Waals surface area contributed by atoms with Gasteiger partial charge in [0, 0.05) is 12.8 Å². The Morgan fingerprint density at radius 3 is 1.62 bits per heavy atom. The molecule has 0 radical (unpaired) electrons. The standard InChI is InChI=1S/C8H12Cl2NO5/c9-7(12)3-1-5-15-11(14)16-6-2-4-8(10)13/h1-6H2/q+1. The molecule has 0 aromatic rings. The first-order valence-electron chi connectivity index (χ1n) is 4.62. The summed E-state index contributed by atoms with van der Waals surface area (Å²) >= 11 is 10.1. The SMILES string of the molecule is O=C(Cl)CCCO[N+](=O)OCCCC(=O)Cl. The maximum Gasteiger partial charge on any atom is 0.477 e. The number of nitrogens with zero attached hydrogens (tertiary/aromatic N) is 1. The summed E-state index contributed by atoms with van der Waals surface area (Å²) in [5.74, 6) is 0. The minimum atomic E-state index is -0.484. The molecule has 0 bridgehead atoms. The van der Waals surface area contributed by atoms with Crippen LogP contribution in [0.1, 0.15) is 25.7 Å². The van der Waals surface area contributed by atoms with Crippen molar-refractivity contribution in [3.63, 3.8) is 0 Å². The van der Waals surface area contributed by atoms with Gasteiger partial charge in [0.15, 0.2) is 13.2 Å². The van der Waals surface area contributed by atoms with Crippen LogP contribution in [-0.2, 0) is 19.3 Å². The van der Waals surface area contributed by atoms with E-state index < -0.39 is 10.5 Å². The van der Waals surface area contributed by atoms with Crippen LogP contribution in [0, 0.1) is 4.91 Å². The number of rotatable bonds is 10. The Bertz CT molecular complexity index is 235. The highest BCUT2D eigenvalue weighted by molar-refractivity contribution is 6.63. The summed E-state index contributed by atoms with van der Waals surface area (Å²) in [7, 11) is 0. The lowest BCUT2D eigenvalue weighted by molar-refractivity contribution is -0.981. The molecule has 0 aliphatic heterocycles. The molecule has 0 heterocycles. The van der Waals surface area contributed by atoms with E-state index in [0.717, 1.165) is 0 Å². The lowest BCUT2D eigenvalue weighted by Gasteiger charge is -1.94. The monoisotopic (exact) mass is 272 g/mol. The van der Waals surface area contributed by atoms with E-state index in [1.54, 1.807) is 0 Å². The maximum absolute atomic E-state index is 10.8. The second kappa shape index (κ2) is 9.35. The number of hydrogen-bond donors (Lipinski definition) is 0. The molecular weight excluding hydrogens is 261 g/mol. The van der Waals surface area contributed by atoms with Crippen LogP contribution in [0.5, 0.6) is 0 Å². The van der Waals surface area contributed by atoms with Crippen LogP contribution in [0.4, 0.5) is 0 Å². The van der Waals surface area contributed by atoms with Crippen molar-refractivity contribution < 1.29 is 24.4 Å². The first kappa shape index (κ1) is 15.1. The van der Waals surface area contributed by atoms with E-state index in [4.69, 9.17) is 23.2 Å². The van der Waals surface area contributed by atoms with Crippen LogP contribution in [0.15, 0.2) is 0 Å². The molecule has 0 atom stereocenters. The summed E-state index contributed by atoms with van der Waals surface area (Å²) in [6.07, 6.45) is 0.946. The zero-order chi connectivity index (χ0) is 12.4. The van der Waals surface area contributed by atoms with Crippen molar-refractivity contribution in [2.75, 3.05) is 13.2 Å². The molecule has 0 N–H and O–H groups in total. The molecule has 0 aliphatic carbocycles. The van der Waals surface area contributed by atoms with Crippen molar-refractivity contribution in [2.45, 2.75) is 25.7 Å². The van der Waals surface area contributed by atoms with E-state index in [2.05, 4.69) is 9.68 Å². The van der Waals surface area contributed by atoms with Gasteiger partial charge >= 0.3 is 5.09 Å². The van der Waals surface area contributed by atoms with Crippen LogP contribution < -0.4 is 0 Å². The lowest BCUT2D eigenvalue weighted by Crippen LogP contribution is -2.13. The van der Waals surface area contributed by atoms with Crippen LogP contribution in [0.25, 0.3) is 0 Å². The maximum atomic E-state index is 10.8.